The normalized spacial score (nSPS) is 24.6. The summed E-state index contributed by atoms with van der Waals surface area (Å²) in [6.45, 7) is 0. The number of halogens is 1. The van der Waals surface area contributed by atoms with Gasteiger partial charge in [0, 0.05) is 6.04 Å². The third-order valence-corrected chi connectivity index (χ3v) is 3.81. The van der Waals surface area contributed by atoms with E-state index in [2.05, 4.69) is 30.9 Å². The van der Waals surface area contributed by atoms with Crippen molar-refractivity contribution in [3.8, 4) is 0 Å². The Hall–Kier alpha value is -1.21. The summed E-state index contributed by atoms with van der Waals surface area (Å²) in [5, 5.41) is 9.52. The van der Waals surface area contributed by atoms with Crippen molar-refractivity contribution < 1.29 is 5.11 Å². The van der Waals surface area contributed by atoms with Gasteiger partial charge < -0.3 is 5.11 Å². The second-order valence-electron chi connectivity index (χ2n) is 4.63. The van der Waals surface area contributed by atoms with Crippen molar-refractivity contribution in [1.29, 1.82) is 0 Å². The number of aromatic nitrogens is 4. The number of aromatic amines is 1. The van der Waals surface area contributed by atoms with Gasteiger partial charge >= 0.3 is 5.69 Å². The standard InChI is InChI=1S/C11H13BrN4O2/c12-8-5-13-9-10(14-8)16(11(18)15-9)6-1-3-7(17)4-2-6/h5-7,17H,1-4H2,(H,13,15,18). The molecule has 7 heteroatoms. The van der Waals surface area contributed by atoms with Crippen LogP contribution in [0.4, 0.5) is 0 Å². The van der Waals surface area contributed by atoms with Crippen LogP contribution >= 0.6 is 15.9 Å². The summed E-state index contributed by atoms with van der Waals surface area (Å²) >= 11 is 3.27. The lowest BCUT2D eigenvalue weighted by Crippen LogP contribution is -2.27. The van der Waals surface area contributed by atoms with Crippen molar-refractivity contribution in [3.05, 3.63) is 21.3 Å². The van der Waals surface area contributed by atoms with Crippen molar-refractivity contribution in [2.75, 3.05) is 0 Å². The Morgan fingerprint density at radius 2 is 2.11 bits per heavy atom. The molecule has 2 aromatic heterocycles. The zero-order chi connectivity index (χ0) is 12.7. The van der Waals surface area contributed by atoms with Crippen LogP contribution in [0.3, 0.4) is 0 Å². The molecule has 1 saturated carbocycles. The SMILES string of the molecule is O=c1[nH]c2ncc(Br)nc2n1C1CCC(O)CC1. The molecule has 0 amide bonds. The smallest absolute Gasteiger partial charge is 0.329 e. The highest BCUT2D eigenvalue weighted by Crippen LogP contribution is 2.29. The van der Waals surface area contributed by atoms with Crippen LogP contribution in [0.15, 0.2) is 15.6 Å². The molecule has 2 N–H and O–H groups in total. The molecule has 2 aromatic rings. The lowest BCUT2D eigenvalue weighted by Gasteiger charge is -2.25. The summed E-state index contributed by atoms with van der Waals surface area (Å²) in [5.41, 5.74) is 0.912. The predicted molar refractivity (Wildman–Crippen MR) is 69.4 cm³/mol. The minimum Gasteiger partial charge on any atom is -0.393 e. The topological polar surface area (TPSA) is 83.8 Å². The summed E-state index contributed by atoms with van der Waals surface area (Å²) in [6.07, 6.45) is 4.37. The monoisotopic (exact) mass is 312 g/mol. The first kappa shape index (κ1) is 11.9. The van der Waals surface area contributed by atoms with Crippen molar-refractivity contribution in [1.82, 2.24) is 19.5 Å². The highest BCUT2D eigenvalue weighted by Gasteiger charge is 2.24. The Kier molecular flexibility index (Phi) is 2.95. The Morgan fingerprint density at radius 1 is 1.39 bits per heavy atom. The van der Waals surface area contributed by atoms with Gasteiger partial charge in [0.25, 0.3) is 0 Å². The van der Waals surface area contributed by atoms with Gasteiger partial charge in [-0.05, 0) is 41.6 Å². The van der Waals surface area contributed by atoms with E-state index >= 15 is 0 Å². The average Bonchev–Trinajstić information content (AvgIpc) is 2.66. The van der Waals surface area contributed by atoms with Gasteiger partial charge in [-0.25, -0.2) is 14.8 Å². The van der Waals surface area contributed by atoms with E-state index in [0.29, 0.717) is 15.9 Å². The maximum atomic E-state index is 12.0. The van der Waals surface area contributed by atoms with Crippen LogP contribution in [-0.4, -0.2) is 30.7 Å². The molecule has 0 atom stereocenters. The van der Waals surface area contributed by atoms with Crippen LogP contribution in [0.1, 0.15) is 31.7 Å². The molecule has 0 aliphatic heterocycles. The number of imidazole rings is 1. The van der Waals surface area contributed by atoms with E-state index in [1.165, 1.54) is 0 Å². The number of aliphatic hydroxyl groups is 1. The van der Waals surface area contributed by atoms with Crippen LogP contribution in [0.2, 0.25) is 0 Å². The van der Waals surface area contributed by atoms with Crippen molar-refractivity contribution in [2.45, 2.75) is 37.8 Å². The lowest BCUT2D eigenvalue weighted by atomic mass is 9.93. The molecule has 0 unspecified atom stereocenters. The molecule has 1 aliphatic carbocycles. The molecule has 0 radical (unpaired) electrons. The molecule has 6 nitrogen and oxygen atoms in total. The van der Waals surface area contributed by atoms with Gasteiger partial charge in [-0.2, -0.15) is 0 Å². The molecule has 18 heavy (non-hydrogen) atoms. The third kappa shape index (κ3) is 1.97. The van der Waals surface area contributed by atoms with Crippen LogP contribution < -0.4 is 5.69 Å². The molecule has 0 saturated heterocycles. The number of rotatable bonds is 1. The van der Waals surface area contributed by atoms with Gasteiger partial charge in [0.15, 0.2) is 11.3 Å². The Morgan fingerprint density at radius 3 is 2.83 bits per heavy atom. The zero-order valence-corrected chi connectivity index (χ0v) is 11.2. The van der Waals surface area contributed by atoms with Gasteiger partial charge in [-0.1, -0.05) is 0 Å². The van der Waals surface area contributed by atoms with Gasteiger partial charge in [0.2, 0.25) is 0 Å². The quantitative estimate of drug-likeness (QED) is 0.832. The summed E-state index contributed by atoms with van der Waals surface area (Å²) < 4.78 is 2.28. The van der Waals surface area contributed by atoms with E-state index in [9.17, 15) is 9.90 Å². The van der Waals surface area contributed by atoms with Crippen LogP contribution in [0.5, 0.6) is 0 Å². The molecule has 3 rings (SSSR count). The van der Waals surface area contributed by atoms with E-state index in [1.54, 1.807) is 10.8 Å². The molecule has 0 spiro atoms. The highest BCUT2D eigenvalue weighted by molar-refractivity contribution is 9.10. The number of hydrogen-bond acceptors (Lipinski definition) is 4. The average molecular weight is 313 g/mol. The van der Waals surface area contributed by atoms with E-state index < -0.39 is 0 Å². The van der Waals surface area contributed by atoms with E-state index in [0.717, 1.165) is 25.7 Å². The minimum atomic E-state index is -0.236. The first-order valence-electron chi connectivity index (χ1n) is 5.96. The first-order valence-corrected chi connectivity index (χ1v) is 6.75. The molecular weight excluding hydrogens is 300 g/mol. The van der Waals surface area contributed by atoms with Crippen molar-refractivity contribution in [2.24, 2.45) is 0 Å². The minimum absolute atomic E-state index is 0.0956. The Bertz CT molecular complexity index is 627. The second-order valence-corrected chi connectivity index (χ2v) is 5.44. The molecule has 1 fully saturated rings. The van der Waals surface area contributed by atoms with E-state index in [1.807, 2.05) is 0 Å². The molecule has 0 aromatic carbocycles. The van der Waals surface area contributed by atoms with Crippen molar-refractivity contribution >= 4 is 27.2 Å². The van der Waals surface area contributed by atoms with Gasteiger partial charge in [0.1, 0.15) is 4.60 Å². The maximum Gasteiger partial charge on any atom is 0.329 e. The number of fused-ring (bicyclic) bond motifs is 1. The summed E-state index contributed by atoms with van der Waals surface area (Å²) in [6, 6.07) is 0.0956. The Labute approximate surface area is 111 Å². The summed E-state index contributed by atoms with van der Waals surface area (Å²) in [7, 11) is 0. The first-order chi connectivity index (χ1) is 8.65. The van der Waals surface area contributed by atoms with Gasteiger partial charge in [-0.3, -0.25) is 9.55 Å². The summed E-state index contributed by atoms with van der Waals surface area (Å²) in [4.78, 5) is 23.1. The number of aliphatic hydroxyl groups excluding tert-OH is 1. The molecule has 0 bridgehead atoms. The lowest BCUT2D eigenvalue weighted by molar-refractivity contribution is 0.111. The fraction of sp³-hybridized carbons (Fsp3) is 0.545. The fourth-order valence-corrected chi connectivity index (χ4v) is 2.80. The fourth-order valence-electron chi connectivity index (χ4n) is 2.53. The second kappa shape index (κ2) is 4.47. The molecule has 2 heterocycles. The number of H-pyrrole nitrogens is 1. The number of nitrogens with one attached hydrogen (secondary N) is 1. The molecular formula is C11H13BrN4O2. The Balaban J connectivity index is 2.08. The van der Waals surface area contributed by atoms with Crippen LogP contribution in [0, 0.1) is 0 Å². The molecule has 96 valence electrons. The molecule has 1 aliphatic rings. The van der Waals surface area contributed by atoms with Gasteiger partial charge in [0.05, 0.1) is 12.3 Å². The zero-order valence-electron chi connectivity index (χ0n) is 9.64. The van der Waals surface area contributed by atoms with E-state index in [4.69, 9.17) is 0 Å². The summed E-state index contributed by atoms with van der Waals surface area (Å²) in [5.74, 6) is 0. The van der Waals surface area contributed by atoms with Crippen LogP contribution in [-0.2, 0) is 0 Å². The maximum absolute atomic E-state index is 12.0. The van der Waals surface area contributed by atoms with Crippen LogP contribution in [0.25, 0.3) is 11.3 Å². The number of hydrogen-bond donors (Lipinski definition) is 2. The van der Waals surface area contributed by atoms with Crippen molar-refractivity contribution in [3.63, 3.8) is 0 Å². The van der Waals surface area contributed by atoms with Gasteiger partial charge in [-0.15, -0.1) is 0 Å². The third-order valence-electron chi connectivity index (χ3n) is 3.43. The van der Waals surface area contributed by atoms with E-state index in [-0.39, 0.29) is 17.8 Å². The largest absolute Gasteiger partial charge is 0.393 e. The number of nitrogens with zero attached hydrogens (tertiary/aromatic N) is 3. The highest BCUT2D eigenvalue weighted by atomic mass is 79.9. The predicted octanol–water partition coefficient (Wildman–Crippen LogP) is 1.36.